The third-order valence-electron chi connectivity index (χ3n) is 5.20. The minimum atomic E-state index is -0.212. The topological polar surface area (TPSA) is 48.3 Å². The van der Waals surface area contributed by atoms with Gasteiger partial charge in [-0.25, -0.2) is 0 Å². The Morgan fingerprint density at radius 2 is 1.52 bits per heavy atom. The van der Waals surface area contributed by atoms with Crippen molar-refractivity contribution in [2.75, 3.05) is 13.7 Å². The van der Waals surface area contributed by atoms with E-state index in [1.807, 2.05) is 36.4 Å². The van der Waals surface area contributed by atoms with Crippen molar-refractivity contribution in [1.82, 2.24) is 4.57 Å². The first-order chi connectivity index (χ1) is 13.2. The van der Waals surface area contributed by atoms with Crippen LogP contribution in [0.2, 0.25) is 0 Å². The average Bonchev–Trinajstić information content (AvgIpc) is 2.70. The van der Waals surface area contributed by atoms with Crippen LogP contribution in [0.1, 0.15) is 6.42 Å². The number of aromatic nitrogens is 1. The molecule has 0 atom stereocenters. The summed E-state index contributed by atoms with van der Waals surface area (Å²) < 4.78 is 8.71. The molecule has 0 N–H and O–H groups in total. The summed E-state index contributed by atoms with van der Waals surface area (Å²) in [5, 5.41) is 5.29. The number of benzene rings is 3. The second kappa shape index (κ2) is 6.15. The highest BCUT2D eigenvalue weighted by Crippen LogP contribution is 2.39. The van der Waals surface area contributed by atoms with E-state index in [1.165, 1.54) is 9.27 Å². The van der Waals surface area contributed by atoms with Crippen LogP contribution >= 0.6 is 11.3 Å². The summed E-state index contributed by atoms with van der Waals surface area (Å²) >= 11 is 1.69. The van der Waals surface area contributed by atoms with Gasteiger partial charge in [-0.3, -0.25) is 14.2 Å². The predicted molar refractivity (Wildman–Crippen MR) is 113 cm³/mol. The molecule has 0 aliphatic rings. The van der Waals surface area contributed by atoms with Crippen LogP contribution in [-0.2, 0) is 11.3 Å². The number of pyridine rings is 1. The summed E-state index contributed by atoms with van der Waals surface area (Å²) in [7, 11) is 1.62. The zero-order valence-corrected chi connectivity index (χ0v) is 15.6. The fourth-order valence-corrected chi connectivity index (χ4v) is 5.10. The lowest BCUT2D eigenvalue weighted by atomic mass is 9.98. The molecule has 0 aliphatic heterocycles. The SMILES string of the molecule is COCCCn1c(=O)c2ccc3sc4ccccc4c4ccc(c1=O)c2c34. The molecule has 4 nitrogen and oxygen atoms in total. The van der Waals surface area contributed by atoms with Crippen LogP contribution < -0.4 is 11.1 Å². The van der Waals surface area contributed by atoms with Crippen molar-refractivity contribution in [3.63, 3.8) is 0 Å². The summed E-state index contributed by atoms with van der Waals surface area (Å²) in [6, 6.07) is 16.0. The number of ether oxygens (including phenoxy) is 1. The highest BCUT2D eigenvalue weighted by molar-refractivity contribution is 7.25. The molecule has 0 saturated heterocycles. The van der Waals surface area contributed by atoms with Gasteiger partial charge in [-0.1, -0.05) is 24.3 Å². The average molecular weight is 375 g/mol. The number of methoxy groups -OCH3 is 1. The molecule has 0 saturated carbocycles. The van der Waals surface area contributed by atoms with Gasteiger partial charge >= 0.3 is 0 Å². The maximum Gasteiger partial charge on any atom is 0.261 e. The van der Waals surface area contributed by atoms with Crippen molar-refractivity contribution >= 4 is 53.1 Å². The predicted octanol–water partition coefficient (Wildman–Crippen LogP) is 4.36. The highest BCUT2D eigenvalue weighted by atomic mass is 32.1. The van der Waals surface area contributed by atoms with Crippen molar-refractivity contribution in [2.45, 2.75) is 13.0 Å². The molecular formula is C22H17NO3S. The van der Waals surface area contributed by atoms with Gasteiger partial charge in [-0.2, -0.15) is 0 Å². The van der Waals surface area contributed by atoms with E-state index in [0.29, 0.717) is 30.3 Å². The molecule has 0 bridgehead atoms. The van der Waals surface area contributed by atoms with Gasteiger partial charge in [0.2, 0.25) is 0 Å². The molecule has 5 heteroatoms. The van der Waals surface area contributed by atoms with Gasteiger partial charge in [-0.05, 0) is 41.5 Å². The lowest BCUT2D eigenvalue weighted by Crippen LogP contribution is -2.33. The van der Waals surface area contributed by atoms with Crippen LogP contribution in [-0.4, -0.2) is 18.3 Å². The molecule has 0 radical (unpaired) electrons. The standard InChI is InChI=1S/C22H17NO3S/c1-26-12-4-11-23-21(24)15-8-7-14-13-5-2-3-6-17(13)27-18-10-9-16(22(23)25)19(15)20(14)18/h2-3,5-10H,4,11-12H2,1H3. The third-order valence-corrected chi connectivity index (χ3v) is 6.34. The summed E-state index contributed by atoms with van der Waals surface area (Å²) in [5.74, 6) is 0. The van der Waals surface area contributed by atoms with Gasteiger partial charge in [0.05, 0.1) is 0 Å². The minimum absolute atomic E-state index is 0.212. The Labute approximate surface area is 158 Å². The Hall–Kier alpha value is -2.76. The van der Waals surface area contributed by atoms with Crippen molar-refractivity contribution in [2.24, 2.45) is 0 Å². The molecule has 5 rings (SSSR count). The zero-order valence-electron chi connectivity index (χ0n) is 14.8. The second-order valence-corrected chi connectivity index (χ2v) is 7.81. The van der Waals surface area contributed by atoms with Gasteiger partial charge < -0.3 is 4.74 Å². The van der Waals surface area contributed by atoms with Crippen LogP contribution in [0.15, 0.2) is 58.1 Å². The largest absolute Gasteiger partial charge is 0.385 e. The van der Waals surface area contributed by atoms with E-state index in [0.717, 1.165) is 26.2 Å². The second-order valence-electron chi connectivity index (χ2n) is 6.73. The lowest BCUT2D eigenvalue weighted by Gasteiger charge is -2.14. The van der Waals surface area contributed by atoms with Crippen LogP contribution in [0.3, 0.4) is 0 Å². The van der Waals surface area contributed by atoms with E-state index in [2.05, 4.69) is 12.1 Å². The Bertz CT molecular complexity index is 1400. The van der Waals surface area contributed by atoms with Crippen LogP contribution in [0.25, 0.3) is 41.7 Å². The summed E-state index contributed by atoms with van der Waals surface area (Å²) in [6.45, 7) is 0.887. The van der Waals surface area contributed by atoms with Crippen molar-refractivity contribution in [3.05, 3.63) is 69.2 Å². The molecule has 0 amide bonds. The Balaban J connectivity index is 1.94. The summed E-state index contributed by atoms with van der Waals surface area (Å²) in [6.07, 6.45) is 0.631. The molecule has 0 spiro atoms. The first kappa shape index (κ1) is 16.4. The van der Waals surface area contributed by atoms with Gasteiger partial charge in [0, 0.05) is 51.2 Å². The molecule has 134 valence electrons. The van der Waals surface area contributed by atoms with Crippen molar-refractivity contribution in [3.8, 4) is 0 Å². The van der Waals surface area contributed by atoms with Gasteiger partial charge in [0.1, 0.15) is 0 Å². The molecule has 5 aromatic rings. The van der Waals surface area contributed by atoms with Crippen molar-refractivity contribution in [1.29, 1.82) is 0 Å². The molecule has 2 aromatic heterocycles. The van der Waals surface area contributed by atoms with E-state index in [1.54, 1.807) is 18.4 Å². The lowest BCUT2D eigenvalue weighted by molar-refractivity contribution is 0.189. The Morgan fingerprint density at radius 3 is 2.30 bits per heavy atom. The fraction of sp³-hybridized carbons (Fsp3) is 0.182. The fourth-order valence-electron chi connectivity index (χ4n) is 3.98. The first-order valence-electron chi connectivity index (χ1n) is 8.93. The normalized spacial score (nSPS) is 12.0. The first-order valence-corrected chi connectivity index (χ1v) is 9.74. The summed E-state index contributed by atoms with van der Waals surface area (Å²) in [4.78, 5) is 26.1. The molecular weight excluding hydrogens is 358 g/mol. The van der Waals surface area contributed by atoms with E-state index in [4.69, 9.17) is 4.74 Å². The number of fused-ring (bicyclic) bond motifs is 2. The van der Waals surface area contributed by atoms with Gasteiger partial charge in [0.15, 0.2) is 0 Å². The van der Waals surface area contributed by atoms with Crippen LogP contribution in [0.4, 0.5) is 0 Å². The number of hydrogen-bond acceptors (Lipinski definition) is 4. The number of rotatable bonds is 4. The minimum Gasteiger partial charge on any atom is -0.385 e. The quantitative estimate of drug-likeness (QED) is 0.266. The van der Waals surface area contributed by atoms with Crippen LogP contribution in [0.5, 0.6) is 0 Å². The highest BCUT2D eigenvalue weighted by Gasteiger charge is 2.17. The molecule has 3 aromatic carbocycles. The Morgan fingerprint density at radius 1 is 0.815 bits per heavy atom. The molecule has 0 fully saturated rings. The van der Waals surface area contributed by atoms with E-state index in [9.17, 15) is 9.59 Å². The van der Waals surface area contributed by atoms with Gasteiger partial charge in [0.25, 0.3) is 11.1 Å². The maximum atomic E-state index is 13.0. The smallest absolute Gasteiger partial charge is 0.261 e. The molecule has 0 aliphatic carbocycles. The summed E-state index contributed by atoms with van der Waals surface area (Å²) in [5.41, 5.74) is -0.424. The Kier molecular flexibility index (Phi) is 3.74. The maximum absolute atomic E-state index is 13.0. The number of hydrogen-bond donors (Lipinski definition) is 0. The van der Waals surface area contributed by atoms with E-state index in [-0.39, 0.29) is 11.1 Å². The van der Waals surface area contributed by atoms with E-state index >= 15 is 0 Å². The van der Waals surface area contributed by atoms with Crippen LogP contribution in [0, 0.1) is 0 Å². The molecule has 27 heavy (non-hydrogen) atoms. The van der Waals surface area contributed by atoms with E-state index < -0.39 is 0 Å². The zero-order chi connectivity index (χ0) is 18.5. The molecule has 0 unspecified atom stereocenters. The van der Waals surface area contributed by atoms with Gasteiger partial charge in [-0.15, -0.1) is 11.3 Å². The monoisotopic (exact) mass is 375 g/mol. The number of nitrogens with zero attached hydrogens (tertiary/aromatic N) is 1. The molecule has 2 heterocycles. The third kappa shape index (κ3) is 2.32. The van der Waals surface area contributed by atoms with Crippen molar-refractivity contribution < 1.29 is 4.74 Å².